The number of benzene rings is 2. The number of hydrogen-bond donors (Lipinski definition) is 1. The van der Waals surface area contributed by atoms with Gasteiger partial charge in [0.15, 0.2) is 0 Å². The molecule has 0 radical (unpaired) electrons. The van der Waals surface area contributed by atoms with Crippen molar-refractivity contribution in [2.24, 2.45) is 0 Å². The van der Waals surface area contributed by atoms with Crippen LogP contribution in [-0.2, 0) is 10.2 Å². The molecule has 1 aliphatic heterocycles. The largest absolute Gasteiger partial charge is 0.448 e. The van der Waals surface area contributed by atoms with Crippen molar-refractivity contribution in [3.8, 4) is 0 Å². The summed E-state index contributed by atoms with van der Waals surface area (Å²) >= 11 is 0. The lowest BCUT2D eigenvalue weighted by Gasteiger charge is -2.37. The monoisotopic (exact) mass is 253 g/mol. The standard InChI is InChI=1S/C16H15NO2/c18-15-17-11-16(12-19-15,13-7-3-1-4-8-13)14-9-5-2-6-10-14/h1-10H,11-12H2,(H,17,18). The summed E-state index contributed by atoms with van der Waals surface area (Å²) in [5.41, 5.74) is 2.00. The lowest BCUT2D eigenvalue weighted by Crippen LogP contribution is -2.51. The minimum absolute atomic E-state index is 0.309. The summed E-state index contributed by atoms with van der Waals surface area (Å²) in [5.74, 6) is 0. The van der Waals surface area contributed by atoms with Gasteiger partial charge in [0, 0.05) is 6.54 Å². The molecule has 0 aromatic heterocycles. The maximum Gasteiger partial charge on any atom is 0.407 e. The van der Waals surface area contributed by atoms with E-state index in [0.717, 1.165) is 11.1 Å². The van der Waals surface area contributed by atoms with Gasteiger partial charge in [-0.3, -0.25) is 0 Å². The first-order valence-corrected chi connectivity index (χ1v) is 6.33. The van der Waals surface area contributed by atoms with Crippen molar-refractivity contribution in [3.63, 3.8) is 0 Å². The number of cyclic esters (lactones) is 1. The van der Waals surface area contributed by atoms with Gasteiger partial charge in [0.05, 0.1) is 5.41 Å². The third-order valence-electron chi connectivity index (χ3n) is 3.64. The van der Waals surface area contributed by atoms with Gasteiger partial charge in [0.2, 0.25) is 0 Å². The van der Waals surface area contributed by atoms with Crippen LogP contribution in [0, 0.1) is 0 Å². The lowest BCUT2D eigenvalue weighted by atomic mass is 9.74. The van der Waals surface area contributed by atoms with E-state index in [1.54, 1.807) is 0 Å². The van der Waals surface area contributed by atoms with Crippen LogP contribution in [0.2, 0.25) is 0 Å². The molecule has 19 heavy (non-hydrogen) atoms. The summed E-state index contributed by atoms with van der Waals surface area (Å²) in [7, 11) is 0. The summed E-state index contributed by atoms with van der Waals surface area (Å²) in [6, 6.07) is 20.3. The molecule has 0 bridgehead atoms. The second kappa shape index (κ2) is 4.76. The van der Waals surface area contributed by atoms with E-state index in [4.69, 9.17) is 4.74 Å². The molecular formula is C16H15NO2. The lowest BCUT2D eigenvalue weighted by molar-refractivity contribution is 0.0995. The Kier molecular flexibility index (Phi) is 2.95. The van der Waals surface area contributed by atoms with E-state index in [9.17, 15) is 4.79 Å². The molecule has 2 aromatic carbocycles. The number of ether oxygens (including phenoxy) is 1. The molecule has 1 amide bonds. The second-order valence-electron chi connectivity index (χ2n) is 4.74. The van der Waals surface area contributed by atoms with E-state index in [1.807, 2.05) is 36.4 Å². The number of carbonyl (C=O) groups is 1. The molecule has 0 saturated carbocycles. The molecule has 96 valence electrons. The molecule has 3 rings (SSSR count). The van der Waals surface area contributed by atoms with Gasteiger partial charge >= 0.3 is 6.09 Å². The number of nitrogens with one attached hydrogen (secondary N) is 1. The molecule has 3 heteroatoms. The van der Waals surface area contributed by atoms with Crippen molar-refractivity contribution in [2.75, 3.05) is 13.2 Å². The van der Waals surface area contributed by atoms with E-state index in [2.05, 4.69) is 29.6 Å². The van der Waals surface area contributed by atoms with Gasteiger partial charge in [0.1, 0.15) is 6.61 Å². The number of amides is 1. The van der Waals surface area contributed by atoms with Crippen LogP contribution in [0.25, 0.3) is 0 Å². The maximum atomic E-state index is 11.3. The van der Waals surface area contributed by atoms with E-state index in [-0.39, 0.29) is 11.5 Å². The Hall–Kier alpha value is -2.29. The predicted octanol–water partition coefficient (Wildman–Crippen LogP) is 2.71. The van der Waals surface area contributed by atoms with Gasteiger partial charge in [-0.1, -0.05) is 60.7 Å². The summed E-state index contributed by atoms with van der Waals surface area (Å²) < 4.78 is 5.25. The van der Waals surface area contributed by atoms with Gasteiger partial charge in [-0.25, -0.2) is 4.79 Å². The van der Waals surface area contributed by atoms with Gasteiger partial charge in [0.25, 0.3) is 0 Å². The van der Waals surface area contributed by atoms with Gasteiger partial charge in [-0.05, 0) is 11.1 Å². The summed E-state index contributed by atoms with van der Waals surface area (Å²) in [6.07, 6.45) is -0.345. The fourth-order valence-corrected chi connectivity index (χ4v) is 2.57. The van der Waals surface area contributed by atoms with Crippen molar-refractivity contribution in [3.05, 3.63) is 71.8 Å². The van der Waals surface area contributed by atoms with Gasteiger partial charge < -0.3 is 10.1 Å². The zero-order valence-electron chi connectivity index (χ0n) is 10.5. The van der Waals surface area contributed by atoms with Crippen molar-refractivity contribution in [1.82, 2.24) is 5.32 Å². The molecule has 3 nitrogen and oxygen atoms in total. The van der Waals surface area contributed by atoms with Crippen LogP contribution in [-0.4, -0.2) is 19.2 Å². The number of hydrogen-bond acceptors (Lipinski definition) is 2. The zero-order chi connectivity index (χ0) is 13.1. The first kappa shape index (κ1) is 11.8. The highest BCUT2D eigenvalue weighted by atomic mass is 16.6. The van der Waals surface area contributed by atoms with E-state index >= 15 is 0 Å². The molecule has 0 aliphatic carbocycles. The van der Waals surface area contributed by atoms with Crippen LogP contribution in [0.15, 0.2) is 60.7 Å². The first-order chi connectivity index (χ1) is 9.31. The molecule has 1 aliphatic rings. The first-order valence-electron chi connectivity index (χ1n) is 6.33. The third kappa shape index (κ3) is 2.08. The van der Waals surface area contributed by atoms with E-state index in [0.29, 0.717) is 13.2 Å². The minimum Gasteiger partial charge on any atom is -0.448 e. The van der Waals surface area contributed by atoms with Crippen LogP contribution < -0.4 is 5.32 Å². The average molecular weight is 253 g/mol. The maximum absolute atomic E-state index is 11.3. The minimum atomic E-state index is -0.345. The van der Waals surface area contributed by atoms with Crippen LogP contribution in [0.5, 0.6) is 0 Å². The molecule has 0 atom stereocenters. The molecule has 1 fully saturated rings. The molecule has 1 saturated heterocycles. The van der Waals surface area contributed by atoms with Crippen LogP contribution in [0.1, 0.15) is 11.1 Å². The number of rotatable bonds is 2. The SMILES string of the molecule is O=C1NCC(c2ccccc2)(c2ccccc2)CO1. The Labute approximate surface area is 112 Å². The summed E-state index contributed by atoms with van der Waals surface area (Å²) in [4.78, 5) is 11.3. The summed E-state index contributed by atoms with van der Waals surface area (Å²) in [5, 5.41) is 2.81. The smallest absolute Gasteiger partial charge is 0.407 e. The summed E-state index contributed by atoms with van der Waals surface area (Å²) in [6.45, 7) is 0.923. The Bertz CT molecular complexity index is 514. The normalized spacial score (nSPS) is 17.4. The number of carbonyl (C=O) groups excluding carboxylic acids is 1. The Morgan fingerprint density at radius 2 is 1.42 bits per heavy atom. The predicted molar refractivity (Wildman–Crippen MR) is 73.0 cm³/mol. The highest BCUT2D eigenvalue weighted by Crippen LogP contribution is 2.33. The molecule has 1 N–H and O–H groups in total. The van der Waals surface area contributed by atoms with Crippen molar-refractivity contribution < 1.29 is 9.53 Å². The fraction of sp³-hybridized carbons (Fsp3) is 0.188. The molecule has 0 spiro atoms. The number of alkyl carbamates (subject to hydrolysis) is 1. The van der Waals surface area contributed by atoms with Crippen molar-refractivity contribution in [2.45, 2.75) is 5.41 Å². The quantitative estimate of drug-likeness (QED) is 0.893. The van der Waals surface area contributed by atoms with Gasteiger partial charge in [-0.15, -0.1) is 0 Å². The fourth-order valence-electron chi connectivity index (χ4n) is 2.57. The highest BCUT2D eigenvalue weighted by Gasteiger charge is 2.39. The van der Waals surface area contributed by atoms with E-state index in [1.165, 1.54) is 0 Å². The van der Waals surface area contributed by atoms with Crippen LogP contribution >= 0.6 is 0 Å². The zero-order valence-corrected chi connectivity index (χ0v) is 10.5. The Morgan fingerprint density at radius 3 is 1.84 bits per heavy atom. The van der Waals surface area contributed by atoms with Crippen LogP contribution in [0.3, 0.4) is 0 Å². The van der Waals surface area contributed by atoms with Crippen LogP contribution in [0.4, 0.5) is 4.79 Å². The Morgan fingerprint density at radius 1 is 0.895 bits per heavy atom. The molecule has 1 heterocycles. The highest BCUT2D eigenvalue weighted by molar-refractivity contribution is 5.69. The average Bonchev–Trinajstić information content (AvgIpc) is 2.50. The Balaban J connectivity index is 2.09. The van der Waals surface area contributed by atoms with E-state index < -0.39 is 0 Å². The van der Waals surface area contributed by atoms with Crippen molar-refractivity contribution in [1.29, 1.82) is 0 Å². The topological polar surface area (TPSA) is 38.3 Å². The van der Waals surface area contributed by atoms with Crippen molar-refractivity contribution >= 4 is 6.09 Å². The molecule has 2 aromatic rings. The molecular weight excluding hydrogens is 238 g/mol. The molecule has 0 unspecified atom stereocenters. The van der Waals surface area contributed by atoms with Gasteiger partial charge in [-0.2, -0.15) is 0 Å². The second-order valence-corrected chi connectivity index (χ2v) is 4.74. The third-order valence-corrected chi connectivity index (χ3v) is 3.64.